The van der Waals surface area contributed by atoms with Gasteiger partial charge >= 0.3 is 6.09 Å². The lowest BCUT2D eigenvalue weighted by Crippen LogP contribution is -2.45. The molecule has 2 fully saturated rings. The second-order valence-electron chi connectivity index (χ2n) is 10.7. The van der Waals surface area contributed by atoms with Gasteiger partial charge in [-0.15, -0.1) is 10.2 Å². The molecule has 1 aromatic carbocycles. The number of benzene rings is 1. The minimum absolute atomic E-state index is 0.0105. The normalized spacial score (nSPS) is 19.5. The summed E-state index contributed by atoms with van der Waals surface area (Å²) in [6, 6.07) is 10.3. The summed E-state index contributed by atoms with van der Waals surface area (Å²) < 4.78 is 5.36. The van der Waals surface area contributed by atoms with Gasteiger partial charge in [0.2, 0.25) is 0 Å². The van der Waals surface area contributed by atoms with E-state index in [-0.39, 0.29) is 11.5 Å². The van der Waals surface area contributed by atoms with Gasteiger partial charge in [0.15, 0.2) is 5.82 Å². The molecule has 8 heteroatoms. The van der Waals surface area contributed by atoms with Gasteiger partial charge in [-0.1, -0.05) is 43.2 Å². The smallest absolute Gasteiger partial charge is 0.407 e. The van der Waals surface area contributed by atoms with Gasteiger partial charge in [-0.2, -0.15) is 4.80 Å². The van der Waals surface area contributed by atoms with Crippen LogP contribution in [0.4, 0.5) is 4.79 Å². The average molecular weight is 455 g/mol. The molecule has 2 aliphatic rings. The number of nitrogens with zero attached hydrogens (tertiary/aromatic N) is 5. The Morgan fingerprint density at radius 1 is 1.15 bits per heavy atom. The van der Waals surface area contributed by atoms with E-state index in [2.05, 4.69) is 32.7 Å². The number of alkyl carbamates (subject to hydrolysis) is 1. The maximum atomic E-state index is 11.9. The van der Waals surface area contributed by atoms with Crippen molar-refractivity contribution in [3.63, 3.8) is 0 Å². The second kappa shape index (κ2) is 10.2. The zero-order valence-corrected chi connectivity index (χ0v) is 20.3. The molecule has 1 aliphatic carbocycles. The topological polar surface area (TPSA) is 85.2 Å². The third-order valence-corrected chi connectivity index (χ3v) is 6.82. The summed E-state index contributed by atoms with van der Waals surface area (Å²) in [5, 5.41) is 16.7. The first-order chi connectivity index (χ1) is 15.8. The van der Waals surface area contributed by atoms with Crippen LogP contribution in [0.3, 0.4) is 0 Å². The summed E-state index contributed by atoms with van der Waals surface area (Å²) in [6.07, 6.45) is 6.56. The van der Waals surface area contributed by atoms with Crippen molar-refractivity contribution in [2.24, 2.45) is 5.92 Å². The molecule has 1 saturated heterocycles. The van der Waals surface area contributed by atoms with E-state index in [1.165, 1.54) is 18.4 Å². The number of carbonyl (C=O) groups excluding carboxylic acids is 1. The molecule has 1 aliphatic heterocycles. The van der Waals surface area contributed by atoms with Crippen molar-refractivity contribution in [1.82, 2.24) is 30.4 Å². The summed E-state index contributed by atoms with van der Waals surface area (Å²) >= 11 is 0. The van der Waals surface area contributed by atoms with Crippen LogP contribution in [0.15, 0.2) is 30.3 Å². The zero-order valence-electron chi connectivity index (χ0n) is 20.3. The fourth-order valence-electron chi connectivity index (χ4n) is 5.09. The van der Waals surface area contributed by atoms with Crippen LogP contribution >= 0.6 is 0 Å². The Labute approximate surface area is 197 Å². The van der Waals surface area contributed by atoms with Gasteiger partial charge in [-0.05, 0) is 76.2 Å². The molecule has 33 heavy (non-hydrogen) atoms. The Balaban J connectivity index is 1.30. The van der Waals surface area contributed by atoms with Crippen molar-refractivity contribution in [2.75, 3.05) is 26.2 Å². The van der Waals surface area contributed by atoms with Gasteiger partial charge in [0.1, 0.15) is 5.60 Å². The summed E-state index contributed by atoms with van der Waals surface area (Å²) in [4.78, 5) is 16.2. The molecule has 0 bridgehead atoms. The van der Waals surface area contributed by atoms with Gasteiger partial charge in [0.05, 0.1) is 6.54 Å². The SMILES string of the molecule is CC(C)(C)OC(=O)NCC1CCN(CC2(c3nnn(Cc4ccccc4)n3)CCCC2)CC1. The molecule has 180 valence electrons. The van der Waals surface area contributed by atoms with E-state index < -0.39 is 5.60 Å². The molecule has 1 amide bonds. The molecular formula is C25H38N6O2. The first-order valence-electron chi connectivity index (χ1n) is 12.3. The molecular weight excluding hydrogens is 416 g/mol. The minimum Gasteiger partial charge on any atom is -0.444 e. The van der Waals surface area contributed by atoms with Gasteiger partial charge in [0.25, 0.3) is 0 Å². The third-order valence-electron chi connectivity index (χ3n) is 6.82. The zero-order chi connectivity index (χ0) is 23.3. The molecule has 0 atom stereocenters. The molecule has 4 rings (SSSR count). The van der Waals surface area contributed by atoms with Crippen LogP contribution in [0.2, 0.25) is 0 Å². The van der Waals surface area contributed by atoms with Crippen LogP contribution in [0.25, 0.3) is 0 Å². The third kappa shape index (κ3) is 6.53. The number of tetrazole rings is 1. The number of hydrogen-bond acceptors (Lipinski definition) is 6. The Bertz CT molecular complexity index is 893. The fourth-order valence-corrected chi connectivity index (χ4v) is 5.09. The molecule has 1 N–H and O–H groups in total. The summed E-state index contributed by atoms with van der Waals surface area (Å²) in [6.45, 7) is 10.1. The predicted octanol–water partition coefficient (Wildman–Crippen LogP) is 3.77. The van der Waals surface area contributed by atoms with Crippen LogP contribution in [0.1, 0.15) is 70.7 Å². The Morgan fingerprint density at radius 2 is 1.85 bits per heavy atom. The average Bonchev–Trinajstić information content (AvgIpc) is 3.43. The fraction of sp³-hybridized carbons (Fsp3) is 0.680. The number of nitrogens with one attached hydrogen (secondary N) is 1. The Hall–Kier alpha value is -2.48. The maximum absolute atomic E-state index is 11.9. The number of piperidine rings is 1. The van der Waals surface area contributed by atoms with Gasteiger partial charge in [-0.3, -0.25) is 0 Å². The van der Waals surface area contributed by atoms with Crippen LogP contribution in [0, 0.1) is 5.92 Å². The van der Waals surface area contributed by atoms with Crippen molar-refractivity contribution in [2.45, 2.75) is 76.9 Å². The number of likely N-dealkylation sites (tertiary alicyclic amines) is 1. The van der Waals surface area contributed by atoms with E-state index in [1.54, 1.807) is 4.80 Å². The Morgan fingerprint density at radius 3 is 2.52 bits per heavy atom. The van der Waals surface area contributed by atoms with Crippen LogP contribution < -0.4 is 5.32 Å². The lowest BCUT2D eigenvalue weighted by atomic mass is 9.83. The second-order valence-corrected chi connectivity index (χ2v) is 10.7. The lowest BCUT2D eigenvalue weighted by Gasteiger charge is -2.37. The van der Waals surface area contributed by atoms with Crippen molar-refractivity contribution in [3.8, 4) is 0 Å². The minimum atomic E-state index is -0.458. The number of aromatic nitrogens is 4. The van der Waals surface area contributed by atoms with Crippen LogP contribution in [0.5, 0.6) is 0 Å². The molecule has 2 heterocycles. The van der Waals surface area contributed by atoms with E-state index in [1.807, 2.05) is 39.0 Å². The first kappa shape index (κ1) is 23.7. The first-order valence-corrected chi connectivity index (χ1v) is 12.3. The van der Waals surface area contributed by atoms with Crippen molar-refractivity contribution < 1.29 is 9.53 Å². The monoisotopic (exact) mass is 454 g/mol. The Kier molecular flexibility index (Phi) is 7.32. The predicted molar refractivity (Wildman–Crippen MR) is 127 cm³/mol. The molecule has 1 aromatic heterocycles. The largest absolute Gasteiger partial charge is 0.444 e. The van der Waals surface area contributed by atoms with Crippen molar-refractivity contribution >= 4 is 6.09 Å². The molecule has 0 unspecified atom stereocenters. The number of carbonyl (C=O) groups is 1. The van der Waals surface area contributed by atoms with Crippen LogP contribution in [-0.4, -0.2) is 63.0 Å². The number of amides is 1. The number of ether oxygens (including phenoxy) is 1. The highest BCUT2D eigenvalue weighted by Gasteiger charge is 2.41. The summed E-state index contributed by atoms with van der Waals surface area (Å²) in [5.41, 5.74) is 0.736. The van der Waals surface area contributed by atoms with Crippen molar-refractivity contribution in [3.05, 3.63) is 41.7 Å². The standard InChI is InChI=1S/C25H38N6O2/c1-24(2,3)33-23(32)26-17-20-11-15-30(16-12-20)19-25(13-7-8-14-25)22-27-29-31(28-22)18-21-9-5-4-6-10-21/h4-6,9-10,20H,7-8,11-19H2,1-3H3,(H,26,32). The maximum Gasteiger partial charge on any atom is 0.407 e. The van der Waals surface area contributed by atoms with Gasteiger partial charge < -0.3 is 15.0 Å². The molecule has 0 spiro atoms. The van der Waals surface area contributed by atoms with E-state index >= 15 is 0 Å². The summed E-state index contributed by atoms with van der Waals surface area (Å²) in [7, 11) is 0. The molecule has 1 saturated carbocycles. The highest BCUT2D eigenvalue weighted by atomic mass is 16.6. The van der Waals surface area contributed by atoms with Gasteiger partial charge in [-0.25, -0.2) is 4.79 Å². The van der Waals surface area contributed by atoms with Gasteiger partial charge in [0, 0.05) is 18.5 Å². The number of rotatable bonds is 7. The summed E-state index contributed by atoms with van der Waals surface area (Å²) in [5.74, 6) is 1.41. The molecule has 8 nitrogen and oxygen atoms in total. The number of hydrogen-bond donors (Lipinski definition) is 1. The highest BCUT2D eigenvalue weighted by molar-refractivity contribution is 5.67. The van der Waals surface area contributed by atoms with E-state index in [4.69, 9.17) is 9.84 Å². The van der Waals surface area contributed by atoms with E-state index in [9.17, 15) is 4.79 Å². The van der Waals surface area contributed by atoms with Crippen molar-refractivity contribution in [1.29, 1.82) is 0 Å². The van der Waals surface area contributed by atoms with E-state index in [0.717, 1.165) is 51.1 Å². The highest BCUT2D eigenvalue weighted by Crippen LogP contribution is 2.40. The quantitative estimate of drug-likeness (QED) is 0.686. The lowest BCUT2D eigenvalue weighted by molar-refractivity contribution is 0.0507. The van der Waals surface area contributed by atoms with Crippen LogP contribution in [-0.2, 0) is 16.7 Å². The molecule has 0 radical (unpaired) electrons. The van der Waals surface area contributed by atoms with E-state index in [0.29, 0.717) is 19.0 Å². The molecule has 2 aromatic rings.